The average Bonchev–Trinajstić information content (AvgIpc) is 2.88. The highest BCUT2D eigenvalue weighted by molar-refractivity contribution is 5.84. The molecule has 0 aliphatic heterocycles. The number of rotatable bonds is 5. The lowest BCUT2D eigenvalue weighted by Crippen LogP contribution is -2.29. The Balaban J connectivity index is 2.25. The zero-order chi connectivity index (χ0) is 19.0. The van der Waals surface area contributed by atoms with Crippen LogP contribution in [-0.4, -0.2) is 22.5 Å². The van der Waals surface area contributed by atoms with Crippen molar-refractivity contribution < 1.29 is 0 Å². The summed E-state index contributed by atoms with van der Waals surface area (Å²) in [5.74, 6) is 1.85. The van der Waals surface area contributed by atoms with E-state index in [0.717, 1.165) is 18.7 Å². The van der Waals surface area contributed by atoms with Crippen molar-refractivity contribution in [1.82, 2.24) is 9.38 Å². The Hall–Kier alpha value is -2.29. The number of hydrogen-bond donors (Lipinski definition) is 0. The van der Waals surface area contributed by atoms with E-state index >= 15 is 0 Å². The van der Waals surface area contributed by atoms with E-state index in [1.165, 1.54) is 39.3 Å². The fraction of sp³-hybridized carbons (Fsp3) is 0.435. The maximum Gasteiger partial charge on any atom is 0.146 e. The molecule has 0 bridgehead atoms. The highest BCUT2D eigenvalue weighted by Gasteiger charge is 2.18. The Labute approximate surface area is 157 Å². The average molecular weight is 350 g/mol. The van der Waals surface area contributed by atoms with Gasteiger partial charge in [-0.05, 0) is 69.4 Å². The van der Waals surface area contributed by atoms with Crippen LogP contribution in [0.25, 0.3) is 16.8 Å². The number of aromatic nitrogens is 2. The predicted molar refractivity (Wildman–Crippen MR) is 112 cm³/mol. The molecule has 0 fully saturated rings. The van der Waals surface area contributed by atoms with Gasteiger partial charge in [0.15, 0.2) is 0 Å². The SMILES string of the molecule is CCN(CC(C)C)c1ccnc2c(-c3c(C)cc(C)cc3C)cc(C)n12. The summed E-state index contributed by atoms with van der Waals surface area (Å²) < 4.78 is 2.32. The van der Waals surface area contributed by atoms with Gasteiger partial charge in [0.1, 0.15) is 11.5 Å². The van der Waals surface area contributed by atoms with Crippen LogP contribution in [0.4, 0.5) is 5.82 Å². The molecular formula is C23H31N3. The molecule has 3 heteroatoms. The highest BCUT2D eigenvalue weighted by atomic mass is 15.2. The lowest BCUT2D eigenvalue weighted by molar-refractivity contribution is 0.612. The van der Waals surface area contributed by atoms with E-state index in [4.69, 9.17) is 4.98 Å². The molecule has 3 rings (SSSR count). The third-order valence-corrected chi connectivity index (χ3v) is 5.05. The van der Waals surface area contributed by atoms with Crippen molar-refractivity contribution in [2.45, 2.75) is 48.5 Å². The van der Waals surface area contributed by atoms with Crippen molar-refractivity contribution >= 4 is 11.5 Å². The third kappa shape index (κ3) is 3.23. The molecule has 3 aromatic rings. The minimum atomic E-state index is 0.620. The second-order valence-electron chi connectivity index (χ2n) is 7.87. The van der Waals surface area contributed by atoms with Crippen LogP contribution in [-0.2, 0) is 0 Å². The van der Waals surface area contributed by atoms with Gasteiger partial charge in [-0.15, -0.1) is 0 Å². The Morgan fingerprint density at radius 2 is 1.69 bits per heavy atom. The van der Waals surface area contributed by atoms with E-state index < -0.39 is 0 Å². The molecule has 0 N–H and O–H groups in total. The van der Waals surface area contributed by atoms with Crippen molar-refractivity contribution in [1.29, 1.82) is 0 Å². The molecule has 1 aromatic carbocycles. The number of fused-ring (bicyclic) bond motifs is 1. The summed E-state index contributed by atoms with van der Waals surface area (Å²) >= 11 is 0. The summed E-state index contributed by atoms with van der Waals surface area (Å²) in [4.78, 5) is 7.23. The van der Waals surface area contributed by atoms with Gasteiger partial charge in [0.25, 0.3) is 0 Å². The van der Waals surface area contributed by atoms with E-state index in [1.54, 1.807) is 0 Å². The van der Waals surface area contributed by atoms with Gasteiger partial charge in [-0.2, -0.15) is 0 Å². The van der Waals surface area contributed by atoms with Gasteiger partial charge in [-0.25, -0.2) is 4.98 Å². The van der Waals surface area contributed by atoms with E-state index in [-0.39, 0.29) is 0 Å². The van der Waals surface area contributed by atoms with Gasteiger partial charge in [0.2, 0.25) is 0 Å². The van der Waals surface area contributed by atoms with Crippen LogP contribution < -0.4 is 4.90 Å². The van der Waals surface area contributed by atoms with Crippen LogP contribution >= 0.6 is 0 Å². The lowest BCUT2D eigenvalue weighted by Gasteiger charge is -2.26. The number of benzene rings is 1. The molecule has 2 aromatic heterocycles. The maximum atomic E-state index is 4.78. The summed E-state index contributed by atoms with van der Waals surface area (Å²) in [6, 6.07) is 8.97. The van der Waals surface area contributed by atoms with Crippen molar-refractivity contribution in [2.75, 3.05) is 18.0 Å². The minimum absolute atomic E-state index is 0.620. The van der Waals surface area contributed by atoms with Crippen LogP contribution in [0.2, 0.25) is 0 Å². The summed E-state index contributed by atoms with van der Waals surface area (Å²) in [5, 5.41) is 0. The van der Waals surface area contributed by atoms with E-state index in [9.17, 15) is 0 Å². The van der Waals surface area contributed by atoms with Gasteiger partial charge >= 0.3 is 0 Å². The molecule has 2 heterocycles. The molecule has 138 valence electrons. The first kappa shape index (κ1) is 18.5. The topological polar surface area (TPSA) is 20.5 Å². The number of nitrogens with zero attached hydrogens (tertiary/aromatic N) is 3. The molecule has 0 saturated carbocycles. The van der Waals surface area contributed by atoms with Crippen molar-refractivity contribution in [2.24, 2.45) is 5.92 Å². The normalized spacial score (nSPS) is 11.5. The predicted octanol–water partition coefficient (Wildman–Crippen LogP) is 5.72. The van der Waals surface area contributed by atoms with E-state index in [1.807, 2.05) is 6.20 Å². The maximum absolute atomic E-state index is 4.78. The van der Waals surface area contributed by atoms with Crippen molar-refractivity contribution in [3.63, 3.8) is 0 Å². The number of hydrogen-bond acceptors (Lipinski definition) is 2. The molecule has 0 aliphatic carbocycles. The highest BCUT2D eigenvalue weighted by Crippen LogP contribution is 2.34. The second-order valence-corrected chi connectivity index (χ2v) is 7.87. The lowest BCUT2D eigenvalue weighted by atomic mass is 9.95. The zero-order valence-corrected chi connectivity index (χ0v) is 17.2. The van der Waals surface area contributed by atoms with Crippen LogP contribution in [0, 0.1) is 33.6 Å². The molecule has 0 amide bonds. The van der Waals surface area contributed by atoms with Gasteiger partial charge in [0.05, 0.1) is 0 Å². The Morgan fingerprint density at radius 1 is 1.04 bits per heavy atom. The van der Waals surface area contributed by atoms with Gasteiger partial charge in [0, 0.05) is 30.5 Å². The zero-order valence-electron chi connectivity index (χ0n) is 17.2. The smallest absolute Gasteiger partial charge is 0.146 e. The van der Waals surface area contributed by atoms with E-state index in [0.29, 0.717) is 5.92 Å². The summed E-state index contributed by atoms with van der Waals surface area (Å²) in [6.07, 6.45) is 1.95. The first-order chi connectivity index (χ1) is 12.3. The Morgan fingerprint density at radius 3 is 2.27 bits per heavy atom. The van der Waals surface area contributed by atoms with Crippen LogP contribution in [0.3, 0.4) is 0 Å². The second kappa shape index (κ2) is 7.14. The van der Waals surface area contributed by atoms with Gasteiger partial charge in [-0.1, -0.05) is 31.5 Å². The molecule has 0 radical (unpaired) electrons. The van der Waals surface area contributed by atoms with Crippen molar-refractivity contribution in [3.05, 3.63) is 52.8 Å². The van der Waals surface area contributed by atoms with Crippen LogP contribution in [0.15, 0.2) is 30.5 Å². The first-order valence-electron chi connectivity index (χ1n) is 9.63. The first-order valence-corrected chi connectivity index (χ1v) is 9.63. The molecule has 3 nitrogen and oxygen atoms in total. The molecule has 0 aliphatic rings. The number of anilines is 1. The largest absolute Gasteiger partial charge is 0.358 e. The van der Waals surface area contributed by atoms with Gasteiger partial charge in [-0.3, -0.25) is 4.40 Å². The minimum Gasteiger partial charge on any atom is -0.358 e. The van der Waals surface area contributed by atoms with Gasteiger partial charge < -0.3 is 4.90 Å². The standard InChI is InChI=1S/C23H31N3/c1-8-25(14-15(2)3)21-9-10-24-23-20(13-19(7)26(21)23)22-17(5)11-16(4)12-18(22)6/h9-13,15H,8,14H2,1-7H3. The summed E-state index contributed by atoms with van der Waals surface area (Å²) in [7, 11) is 0. The molecule has 0 spiro atoms. The molecule has 0 saturated heterocycles. The molecule has 26 heavy (non-hydrogen) atoms. The summed E-state index contributed by atoms with van der Waals surface area (Å²) in [6.45, 7) is 17.6. The fourth-order valence-corrected chi connectivity index (χ4v) is 4.15. The Bertz CT molecular complexity index is 911. The van der Waals surface area contributed by atoms with E-state index in [2.05, 4.69) is 82.0 Å². The van der Waals surface area contributed by atoms with Crippen LogP contribution in [0.5, 0.6) is 0 Å². The molecule has 0 unspecified atom stereocenters. The fourth-order valence-electron chi connectivity index (χ4n) is 4.15. The molecule has 0 atom stereocenters. The third-order valence-electron chi connectivity index (χ3n) is 5.05. The molecular weight excluding hydrogens is 318 g/mol. The summed E-state index contributed by atoms with van der Waals surface area (Å²) in [5.41, 5.74) is 8.79. The Kier molecular flexibility index (Phi) is 5.08. The monoisotopic (exact) mass is 349 g/mol. The van der Waals surface area contributed by atoms with Crippen molar-refractivity contribution in [3.8, 4) is 11.1 Å². The quantitative estimate of drug-likeness (QED) is 0.587. The number of aryl methyl sites for hydroxylation is 4. The van der Waals surface area contributed by atoms with Crippen LogP contribution in [0.1, 0.15) is 43.2 Å².